The molecule has 2 N–H and O–H groups in total. The Hall–Kier alpha value is -3.65. The average Bonchev–Trinajstić information content (AvgIpc) is 3.16. The lowest BCUT2D eigenvalue weighted by Gasteiger charge is -2.51. The normalized spacial score (nSPS) is 25.0. The van der Waals surface area contributed by atoms with E-state index in [9.17, 15) is 23.5 Å². The SMILES string of the molecule is COC(=O)OCOC1=C2C(=O)N3C[C@H](C)OC(c4cccc5c4Cc4ccc(F)c(F)c4CS5)[C@H]3NN2C=CC1O. The minimum atomic E-state index is -1.24. The molecule has 41 heavy (non-hydrogen) atoms. The number of amides is 1. The van der Waals surface area contributed by atoms with Crippen molar-refractivity contribution < 1.29 is 42.4 Å². The molecule has 13 heteroatoms. The zero-order valence-corrected chi connectivity index (χ0v) is 23.0. The van der Waals surface area contributed by atoms with Gasteiger partial charge in [0.1, 0.15) is 18.4 Å². The van der Waals surface area contributed by atoms with Crippen LogP contribution in [0.3, 0.4) is 0 Å². The number of aliphatic hydroxyl groups excluding tert-OH is 1. The average molecular weight is 588 g/mol. The molecular weight excluding hydrogens is 560 g/mol. The maximum absolute atomic E-state index is 14.7. The van der Waals surface area contributed by atoms with Gasteiger partial charge in [-0.1, -0.05) is 18.2 Å². The third-order valence-corrected chi connectivity index (χ3v) is 8.54. The van der Waals surface area contributed by atoms with Gasteiger partial charge < -0.3 is 29.0 Å². The predicted octanol–water partition coefficient (Wildman–Crippen LogP) is 3.45. The van der Waals surface area contributed by atoms with E-state index in [0.717, 1.165) is 29.2 Å². The number of benzene rings is 2. The van der Waals surface area contributed by atoms with Gasteiger partial charge in [-0.05, 0) is 48.2 Å². The second-order valence-electron chi connectivity index (χ2n) is 9.92. The molecule has 2 unspecified atom stereocenters. The molecule has 2 aromatic carbocycles. The summed E-state index contributed by atoms with van der Waals surface area (Å²) in [5.74, 6) is -1.90. The lowest BCUT2D eigenvalue weighted by molar-refractivity contribution is -0.173. The highest BCUT2D eigenvalue weighted by molar-refractivity contribution is 7.98. The number of ether oxygens (including phenoxy) is 4. The first-order valence-electron chi connectivity index (χ1n) is 12.9. The number of nitrogens with zero attached hydrogens (tertiary/aromatic N) is 2. The lowest BCUT2D eigenvalue weighted by atomic mass is 9.91. The maximum Gasteiger partial charge on any atom is 0.510 e. The second-order valence-corrected chi connectivity index (χ2v) is 10.9. The Balaban J connectivity index is 1.34. The summed E-state index contributed by atoms with van der Waals surface area (Å²) in [6, 6.07) is 8.53. The van der Waals surface area contributed by atoms with Crippen molar-refractivity contribution in [2.45, 2.75) is 48.5 Å². The maximum atomic E-state index is 14.7. The largest absolute Gasteiger partial charge is 0.510 e. The van der Waals surface area contributed by atoms with E-state index in [-0.39, 0.29) is 24.1 Å². The third kappa shape index (κ3) is 4.92. The monoisotopic (exact) mass is 587 g/mol. The highest BCUT2D eigenvalue weighted by Gasteiger charge is 2.48. The van der Waals surface area contributed by atoms with Crippen LogP contribution in [-0.2, 0) is 35.9 Å². The van der Waals surface area contributed by atoms with Gasteiger partial charge in [0, 0.05) is 29.0 Å². The number of rotatable bonds is 4. The number of nitrogens with one attached hydrogen (secondary N) is 1. The number of aliphatic hydroxyl groups is 1. The number of hydrogen-bond donors (Lipinski definition) is 2. The van der Waals surface area contributed by atoms with Gasteiger partial charge in [-0.15, -0.1) is 11.8 Å². The van der Waals surface area contributed by atoms with Gasteiger partial charge in [0.25, 0.3) is 5.91 Å². The molecule has 2 saturated heterocycles. The van der Waals surface area contributed by atoms with E-state index >= 15 is 0 Å². The van der Waals surface area contributed by atoms with Gasteiger partial charge in [-0.2, -0.15) is 0 Å². The number of carbonyl (C=O) groups excluding carboxylic acids is 2. The van der Waals surface area contributed by atoms with E-state index in [0.29, 0.717) is 23.3 Å². The van der Waals surface area contributed by atoms with Crippen molar-refractivity contribution >= 4 is 23.8 Å². The van der Waals surface area contributed by atoms with Gasteiger partial charge >= 0.3 is 6.16 Å². The summed E-state index contributed by atoms with van der Waals surface area (Å²) in [7, 11) is 1.15. The van der Waals surface area contributed by atoms with E-state index in [2.05, 4.69) is 10.2 Å². The van der Waals surface area contributed by atoms with E-state index in [1.807, 2.05) is 25.1 Å². The fourth-order valence-corrected chi connectivity index (χ4v) is 6.67. The van der Waals surface area contributed by atoms with Gasteiger partial charge in [-0.25, -0.2) is 19.0 Å². The summed E-state index contributed by atoms with van der Waals surface area (Å²) in [5.41, 5.74) is 6.14. The Labute approximate surface area is 238 Å². The molecule has 0 radical (unpaired) electrons. The Kier molecular flexibility index (Phi) is 7.36. The number of hydrazine groups is 1. The molecule has 0 spiro atoms. The molecule has 4 atom stereocenters. The molecule has 0 aliphatic carbocycles. The number of fused-ring (bicyclic) bond motifs is 4. The van der Waals surface area contributed by atoms with Crippen LogP contribution in [0.2, 0.25) is 0 Å². The zero-order chi connectivity index (χ0) is 28.8. The topological polar surface area (TPSA) is 110 Å². The number of morpholine rings is 1. The highest BCUT2D eigenvalue weighted by atomic mass is 32.2. The van der Waals surface area contributed by atoms with Crippen LogP contribution in [0.15, 0.2) is 59.0 Å². The zero-order valence-electron chi connectivity index (χ0n) is 22.1. The smallest absolute Gasteiger partial charge is 0.456 e. The quantitative estimate of drug-likeness (QED) is 0.408. The van der Waals surface area contributed by atoms with Gasteiger partial charge in [-0.3, -0.25) is 9.80 Å². The molecule has 4 heterocycles. The fraction of sp³-hybridized carbons (Fsp3) is 0.357. The summed E-state index contributed by atoms with van der Waals surface area (Å²) >= 11 is 1.43. The molecule has 10 nitrogen and oxygen atoms in total. The minimum absolute atomic E-state index is 0.0476. The molecular formula is C28H27F2N3O7S. The molecule has 2 fully saturated rings. The van der Waals surface area contributed by atoms with Crippen LogP contribution in [0.5, 0.6) is 0 Å². The Bertz CT molecular complexity index is 1470. The second kappa shape index (κ2) is 11.0. The highest BCUT2D eigenvalue weighted by Crippen LogP contribution is 2.42. The van der Waals surface area contributed by atoms with E-state index in [1.165, 1.54) is 29.0 Å². The van der Waals surface area contributed by atoms with Crippen molar-refractivity contribution in [1.82, 2.24) is 15.3 Å². The first-order valence-corrected chi connectivity index (χ1v) is 13.9. The summed E-state index contributed by atoms with van der Waals surface area (Å²) in [6.07, 6.45) is -0.499. The number of thioether (sulfide) groups is 1. The van der Waals surface area contributed by atoms with Crippen LogP contribution >= 0.6 is 11.8 Å². The van der Waals surface area contributed by atoms with Crippen molar-refractivity contribution in [2.75, 3.05) is 20.4 Å². The molecule has 0 bridgehead atoms. The van der Waals surface area contributed by atoms with Crippen molar-refractivity contribution in [2.24, 2.45) is 0 Å². The van der Waals surface area contributed by atoms with Crippen LogP contribution in [0, 0.1) is 11.6 Å². The molecule has 0 saturated carbocycles. The predicted molar refractivity (Wildman–Crippen MR) is 141 cm³/mol. The lowest BCUT2D eigenvalue weighted by Crippen LogP contribution is -2.67. The van der Waals surface area contributed by atoms with Gasteiger partial charge in [0.05, 0.1) is 13.2 Å². The third-order valence-electron chi connectivity index (χ3n) is 7.42. The van der Waals surface area contributed by atoms with Crippen LogP contribution in [0.25, 0.3) is 0 Å². The summed E-state index contributed by atoms with van der Waals surface area (Å²) in [5, 5.41) is 12.0. The van der Waals surface area contributed by atoms with Crippen molar-refractivity contribution in [1.29, 1.82) is 0 Å². The van der Waals surface area contributed by atoms with Crippen molar-refractivity contribution in [3.8, 4) is 0 Å². The Morgan fingerprint density at radius 3 is 2.88 bits per heavy atom. The first kappa shape index (κ1) is 27.5. The summed E-state index contributed by atoms with van der Waals surface area (Å²) in [6.45, 7) is 1.55. The van der Waals surface area contributed by atoms with E-state index < -0.39 is 48.9 Å². The molecule has 0 aromatic heterocycles. The van der Waals surface area contributed by atoms with E-state index in [1.54, 1.807) is 11.0 Å². The molecule has 6 rings (SSSR count). The minimum Gasteiger partial charge on any atom is -0.456 e. The Morgan fingerprint density at radius 2 is 2.07 bits per heavy atom. The van der Waals surface area contributed by atoms with Gasteiger partial charge in [0.15, 0.2) is 23.1 Å². The van der Waals surface area contributed by atoms with Crippen LogP contribution < -0.4 is 5.43 Å². The summed E-state index contributed by atoms with van der Waals surface area (Å²) < 4.78 is 49.8. The van der Waals surface area contributed by atoms with Crippen LogP contribution in [0.4, 0.5) is 13.6 Å². The number of halogens is 2. The summed E-state index contributed by atoms with van der Waals surface area (Å²) in [4.78, 5) is 27.8. The molecule has 216 valence electrons. The molecule has 4 aliphatic rings. The number of methoxy groups -OCH3 is 1. The van der Waals surface area contributed by atoms with Crippen molar-refractivity contribution in [3.05, 3.63) is 88.0 Å². The number of carbonyl (C=O) groups is 2. The van der Waals surface area contributed by atoms with E-state index in [4.69, 9.17) is 14.2 Å². The van der Waals surface area contributed by atoms with Gasteiger partial charge in [0.2, 0.25) is 6.79 Å². The molecule has 2 aromatic rings. The van der Waals surface area contributed by atoms with Crippen molar-refractivity contribution in [3.63, 3.8) is 0 Å². The number of hydrogen-bond acceptors (Lipinski definition) is 10. The van der Waals surface area contributed by atoms with Crippen LogP contribution in [0.1, 0.15) is 35.3 Å². The fourth-order valence-electron chi connectivity index (χ4n) is 5.52. The standard InChI is InChI=1S/C28H27F2N3O7S/c1-14-11-32-26(31-33-9-8-20(34)25(23(33)27(32)35)38-13-39-28(36)37-2)24(40-14)16-4-3-5-21-17(16)10-15-6-7-19(29)22(30)18(15)12-41-21/h3-9,14,20,24,26,31,34H,10-13H2,1-2H3/t14-,20?,24?,26-/m0/s1. The molecule has 1 amide bonds. The molecule has 4 aliphatic heterocycles. The first-order chi connectivity index (χ1) is 19.8. The van der Waals surface area contributed by atoms with Crippen LogP contribution in [-0.4, -0.2) is 65.9 Å². The Morgan fingerprint density at radius 1 is 1.24 bits per heavy atom.